The average Bonchev–Trinajstić information content (AvgIpc) is 3.26. The molecule has 2 atom stereocenters. The lowest BCUT2D eigenvalue weighted by atomic mass is 9.81. The minimum atomic E-state index is -0.446. The number of H-pyrrole nitrogens is 1. The van der Waals surface area contributed by atoms with Crippen LogP contribution in [0.1, 0.15) is 28.2 Å². The summed E-state index contributed by atoms with van der Waals surface area (Å²) in [5.74, 6) is 0.453. The molecule has 2 fully saturated rings. The Morgan fingerprint density at radius 2 is 1.97 bits per heavy atom. The normalized spacial score (nSPS) is 20.4. The predicted molar refractivity (Wildman–Crippen MR) is 116 cm³/mol. The van der Waals surface area contributed by atoms with E-state index in [4.69, 9.17) is 11.6 Å². The van der Waals surface area contributed by atoms with Crippen LogP contribution in [-0.2, 0) is 0 Å². The summed E-state index contributed by atoms with van der Waals surface area (Å²) in [5.41, 5.74) is 2.58. The van der Waals surface area contributed by atoms with Gasteiger partial charge in [0, 0.05) is 37.3 Å². The summed E-state index contributed by atoms with van der Waals surface area (Å²) in [4.78, 5) is 26.4. The molecule has 160 valence electrons. The van der Waals surface area contributed by atoms with E-state index in [9.17, 15) is 9.18 Å². The SMILES string of the molecule is Cc1nc(N2CCC3CN(C(=O)c4cccc(F)c4-c4ccn[nH]4)C3C2)nc(C)c1Cl. The molecule has 0 spiro atoms. The maximum absolute atomic E-state index is 14.6. The summed E-state index contributed by atoms with van der Waals surface area (Å²) >= 11 is 6.22. The molecule has 1 amide bonds. The van der Waals surface area contributed by atoms with Crippen LogP contribution in [0.3, 0.4) is 0 Å². The van der Waals surface area contributed by atoms with Crippen LogP contribution < -0.4 is 4.90 Å². The zero-order chi connectivity index (χ0) is 21.7. The Morgan fingerprint density at radius 3 is 2.68 bits per heavy atom. The topological polar surface area (TPSA) is 78.0 Å². The molecular weight excluding hydrogens is 419 g/mol. The Labute approximate surface area is 184 Å². The van der Waals surface area contributed by atoms with Gasteiger partial charge in [0.15, 0.2) is 0 Å². The number of nitrogens with zero attached hydrogens (tertiary/aromatic N) is 5. The van der Waals surface area contributed by atoms with Gasteiger partial charge in [-0.2, -0.15) is 5.10 Å². The van der Waals surface area contributed by atoms with Gasteiger partial charge in [0.1, 0.15) is 5.82 Å². The number of aromatic amines is 1. The number of carbonyl (C=O) groups is 1. The van der Waals surface area contributed by atoms with E-state index in [2.05, 4.69) is 25.1 Å². The quantitative estimate of drug-likeness (QED) is 0.673. The molecule has 1 N–H and O–H groups in total. The highest BCUT2D eigenvalue weighted by Crippen LogP contribution is 2.37. The third-order valence-corrected chi connectivity index (χ3v) is 6.83. The van der Waals surface area contributed by atoms with Gasteiger partial charge < -0.3 is 9.80 Å². The molecule has 5 rings (SSSR count). The molecule has 31 heavy (non-hydrogen) atoms. The zero-order valence-electron chi connectivity index (χ0n) is 17.3. The van der Waals surface area contributed by atoms with Gasteiger partial charge in [-0.3, -0.25) is 9.89 Å². The van der Waals surface area contributed by atoms with Crippen LogP contribution in [0.15, 0.2) is 30.5 Å². The number of benzene rings is 1. The van der Waals surface area contributed by atoms with Crippen LogP contribution in [0.5, 0.6) is 0 Å². The number of hydrogen-bond donors (Lipinski definition) is 1. The summed E-state index contributed by atoms with van der Waals surface area (Å²) in [6, 6.07) is 6.30. The second-order valence-electron chi connectivity index (χ2n) is 8.16. The first-order valence-electron chi connectivity index (χ1n) is 10.3. The Hall–Kier alpha value is -3.00. The van der Waals surface area contributed by atoms with E-state index >= 15 is 0 Å². The molecule has 2 saturated heterocycles. The molecule has 7 nitrogen and oxygen atoms in total. The number of fused-ring (bicyclic) bond motifs is 1. The number of piperidine rings is 1. The number of carbonyl (C=O) groups excluding carboxylic acids is 1. The lowest BCUT2D eigenvalue weighted by Gasteiger charge is -2.53. The monoisotopic (exact) mass is 440 g/mol. The van der Waals surface area contributed by atoms with Crippen LogP contribution in [0, 0.1) is 25.6 Å². The molecule has 2 aliphatic heterocycles. The highest BCUT2D eigenvalue weighted by Gasteiger charge is 2.46. The Kier molecular flexibility index (Phi) is 4.89. The third kappa shape index (κ3) is 3.35. The fourth-order valence-corrected chi connectivity index (χ4v) is 4.65. The van der Waals surface area contributed by atoms with Gasteiger partial charge in [0.05, 0.1) is 33.7 Å². The Morgan fingerprint density at radius 1 is 1.19 bits per heavy atom. The number of rotatable bonds is 3. The number of anilines is 1. The molecule has 0 radical (unpaired) electrons. The summed E-state index contributed by atoms with van der Waals surface area (Å²) in [7, 11) is 0. The molecule has 3 aromatic rings. The van der Waals surface area contributed by atoms with E-state index in [0.29, 0.717) is 41.2 Å². The van der Waals surface area contributed by atoms with Crippen molar-refractivity contribution in [1.29, 1.82) is 0 Å². The minimum Gasteiger partial charge on any atom is -0.339 e. The first-order valence-corrected chi connectivity index (χ1v) is 10.7. The molecule has 9 heteroatoms. The predicted octanol–water partition coefficient (Wildman–Crippen LogP) is 3.63. The minimum absolute atomic E-state index is 0.0408. The van der Waals surface area contributed by atoms with Crippen molar-refractivity contribution in [2.45, 2.75) is 26.3 Å². The molecule has 2 aliphatic rings. The van der Waals surface area contributed by atoms with Crippen molar-refractivity contribution in [1.82, 2.24) is 25.1 Å². The van der Waals surface area contributed by atoms with Gasteiger partial charge in [-0.15, -0.1) is 0 Å². The highest BCUT2D eigenvalue weighted by atomic mass is 35.5. The standard InChI is InChI=1S/C22H22ClFN6O/c1-12-20(23)13(2)27-22(26-12)29-9-7-14-10-30(18(14)11-29)21(31)15-4-3-5-16(24)19(15)17-6-8-25-28-17/h3-6,8,14,18H,7,9-11H2,1-2H3,(H,25,28). The summed E-state index contributed by atoms with van der Waals surface area (Å²) < 4.78 is 14.6. The highest BCUT2D eigenvalue weighted by molar-refractivity contribution is 6.31. The maximum atomic E-state index is 14.6. The first kappa shape index (κ1) is 19.9. The number of aromatic nitrogens is 4. The van der Waals surface area contributed by atoms with Crippen molar-refractivity contribution < 1.29 is 9.18 Å². The molecular formula is C22H22ClFN6O. The lowest BCUT2D eigenvalue weighted by Crippen LogP contribution is -2.66. The van der Waals surface area contributed by atoms with Crippen molar-refractivity contribution in [3.63, 3.8) is 0 Å². The number of aryl methyl sites for hydroxylation is 2. The van der Waals surface area contributed by atoms with Crippen molar-refractivity contribution in [2.75, 3.05) is 24.5 Å². The molecule has 0 saturated carbocycles. The number of likely N-dealkylation sites (tertiary alicyclic amines) is 1. The van der Waals surface area contributed by atoms with E-state index in [1.165, 1.54) is 6.07 Å². The van der Waals surface area contributed by atoms with Gasteiger partial charge in [-0.05, 0) is 38.5 Å². The van der Waals surface area contributed by atoms with Crippen LogP contribution >= 0.6 is 11.6 Å². The second-order valence-corrected chi connectivity index (χ2v) is 8.54. The summed E-state index contributed by atoms with van der Waals surface area (Å²) in [5, 5.41) is 7.25. The molecule has 2 unspecified atom stereocenters. The van der Waals surface area contributed by atoms with Gasteiger partial charge in [0.25, 0.3) is 5.91 Å². The van der Waals surface area contributed by atoms with E-state index in [1.54, 1.807) is 24.4 Å². The van der Waals surface area contributed by atoms with Gasteiger partial charge in [0.2, 0.25) is 5.95 Å². The van der Waals surface area contributed by atoms with Gasteiger partial charge in [-0.25, -0.2) is 14.4 Å². The molecule has 4 heterocycles. The van der Waals surface area contributed by atoms with Crippen molar-refractivity contribution >= 4 is 23.5 Å². The summed E-state index contributed by atoms with van der Waals surface area (Å²) in [6.45, 7) is 5.89. The average molecular weight is 441 g/mol. The molecule has 2 aromatic heterocycles. The first-order chi connectivity index (χ1) is 14.9. The largest absolute Gasteiger partial charge is 0.339 e. The fourth-order valence-electron chi connectivity index (χ4n) is 4.56. The third-order valence-electron chi connectivity index (χ3n) is 6.28. The van der Waals surface area contributed by atoms with Crippen molar-refractivity contribution in [3.05, 3.63) is 58.3 Å². The van der Waals surface area contributed by atoms with E-state index < -0.39 is 5.82 Å². The number of amides is 1. The van der Waals surface area contributed by atoms with E-state index in [-0.39, 0.29) is 17.5 Å². The Bertz CT molecular complexity index is 1130. The van der Waals surface area contributed by atoms with E-state index in [1.807, 2.05) is 18.7 Å². The second kappa shape index (κ2) is 7.60. The van der Waals surface area contributed by atoms with Crippen molar-refractivity contribution in [2.24, 2.45) is 5.92 Å². The van der Waals surface area contributed by atoms with E-state index in [0.717, 1.165) is 24.4 Å². The molecule has 0 bridgehead atoms. The summed E-state index contributed by atoms with van der Waals surface area (Å²) in [6.07, 6.45) is 2.50. The van der Waals surface area contributed by atoms with Crippen LogP contribution in [0.25, 0.3) is 11.3 Å². The molecule has 1 aromatic carbocycles. The zero-order valence-corrected chi connectivity index (χ0v) is 18.0. The van der Waals surface area contributed by atoms with Crippen LogP contribution in [0.4, 0.5) is 10.3 Å². The smallest absolute Gasteiger partial charge is 0.254 e. The molecule has 0 aliphatic carbocycles. The van der Waals surface area contributed by atoms with Crippen LogP contribution in [-0.4, -0.2) is 56.6 Å². The van der Waals surface area contributed by atoms with Gasteiger partial charge in [-0.1, -0.05) is 17.7 Å². The number of hydrogen-bond acceptors (Lipinski definition) is 5. The maximum Gasteiger partial charge on any atom is 0.254 e. The van der Waals surface area contributed by atoms with Crippen LogP contribution in [0.2, 0.25) is 5.02 Å². The Balaban J connectivity index is 1.40. The number of halogens is 2. The lowest BCUT2D eigenvalue weighted by molar-refractivity contribution is 0.00771. The fraction of sp³-hybridized carbons (Fsp3) is 0.364. The van der Waals surface area contributed by atoms with Gasteiger partial charge >= 0.3 is 0 Å². The van der Waals surface area contributed by atoms with Crippen molar-refractivity contribution in [3.8, 4) is 11.3 Å². The number of nitrogens with one attached hydrogen (secondary N) is 1.